The van der Waals surface area contributed by atoms with Crippen molar-refractivity contribution in [3.8, 4) is 0 Å². The zero-order valence-corrected chi connectivity index (χ0v) is 27.3. The van der Waals surface area contributed by atoms with E-state index in [-0.39, 0.29) is 62.6 Å². The van der Waals surface area contributed by atoms with Crippen molar-refractivity contribution in [2.45, 2.75) is 70.3 Å². The Kier molecular flexibility index (Phi) is 8.84. The Morgan fingerprint density at radius 3 is 2.40 bits per heavy atom. The van der Waals surface area contributed by atoms with Gasteiger partial charge < -0.3 is 19.8 Å². The number of ether oxygens (including phenoxy) is 1. The third kappa shape index (κ3) is 5.46. The van der Waals surface area contributed by atoms with Crippen molar-refractivity contribution in [3.05, 3.63) is 81.0 Å². The molecule has 10 nitrogen and oxygen atoms in total. The lowest BCUT2D eigenvalue weighted by Crippen LogP contribution is -2.47. The molecule has 3 aromatic carbocycles. The molecule has 0 aliphatic carbocycles. The number of hydrogen-bond donors (Lipinski definition) is 2. The Labute approximate surface area is 273 Å². The molecule has 11 heteroatoms. The number of rotatable bonds is 10. The summed E-state index contributed by atoms with van der Waals surface area (Å²) in [5.74, 6) is -1.83. The highest BCUT2D eigenvalue weighted by Gasteiger charge is 2.49. The van der Waals surface area contributed by atoms with Gasteiger partial charge in [-0.1, -0.05) is 63.8 Å². The van der Waals surface area contributed by atoms with Gasteiger partial charge in [-0.05, 0) is 55.2 Å². The molecule has 2 amide bonds. The fourth-order valence-electron chi connectivity index (χ4n) is 6.65. The molecule has 0 unspecified atom stereocenters. The predicted molar refractivity (Wildman–Crippen MR) is 180 cm³/mol. The molecular formula is C36H36N2O8S. The summed E-state index contributed by atoms with van der Waals surface area (Å²) in [4.78, 5) is 68.5. The highest BCUT2D eigenvalue weighted by atomic mass is 32.2. The first kappa shape index (κ1) is 32.3. The van der Waals surface area contributed by atoms with E-state index in [1.165, 1.54) is 18.2 Å². The Bertz CT molecular complexity index is 2040. The molecule has 2 aliphatic heterocycles. The summed E-state index contributed by atoms with van der Waals surface area (Å²) in [6, 6.07) is 12.9. The van der Waals surface area contributed by atoms with Crippen LogP contribution in [-0.4, -0.2) is 34.4 Å². The molecule has 0 radical (unpaired) electrons. The van der Waals surface area contributed by atoms with Crippen LogP contribution < -0.4 is 16.1 Å². The maximum Gasteiger partial charge on any atom is 0.338 e. The van der Waals surface area contributed by atoms with Crippen LogP contribution in [0.25, 0.3) is 21.9 Å². The van der Waals surface area contributed by atoms with Gasteiger partial charge in [-0.3, -0.25) is 23.4 Å². The third-order valence-corrected chi connectivity index (χ3v) is 10.7. The molecule has 0 fully saturated rings. The van der Waals surface area contributed by atoms with Gasteiger partial charge in [0.15, 0.2) is 16.9 Å². The van der Waals surface area contributed by atoms with Crippen LogP contribution in [0.1, 0.15) is 96.4 Å². The highest BCUT2D eigenvalue weighted by Crippen LogP contribution is 2.44. The van der Waals surface area contributed by atoms with Gasteiger partial charge in [0, 0.05) is 16.4 Å². The normalized spacial score (nSPS) is 18.1. The van der Waals surface area contributed by atoms with Crippen LogP contribution in [0, 0.1) is 5.41 Å². The fraction of sp³-hybridized carbons (Fsp3) is 0.361. The van der Waals surface area contributed by atoms with Gasteiger partial charge in [0.05, 0.1) is 40.1 Å². The summed E-state index contributed by atoms with van der Waals surface area (Å²) in [6.45, 7) is 5.74. The first-order valence-corrected chi connectivity index (χ1v) is 17.4. The number of amides is 2. The van der Waals surface area contributed by atoms with E-state index in [1.807, 2.05) is 26.0 Å². The molecule has 2 aliphatic rings. The number of hydrogen-bond acceptors (Lipinski definition) is 8. The van der Waals surface area contributed by atoms with Crippen molar-refractivity contribution in [2.75, 3.05) is 17.2 Å². The topological polar surface area (TPSA) is 149 Å². The zero-order chi connectivity index (χ0) is 33.5. The molecule has 2 N–H and O–H groups in total. The quantitative estimate of drug-likeness (QED) is 0.111. The number of esters is 1. The van der Waals surface area contributed by atoms with Gasteiger partial charge in [-0.25, -0.2) is 4.79 Å². The van der Waals surface area contributed by atoms with Crippen molar-refractivity contribution in [1.29, 1.82) is 0 Å². The number of carbonyl (C=O) groups is 4. The van der Waals surface area contributed by atoms with Gasteiger partial charge in [0.1, 0.15) is 10.7 Å². The molecule has 0 spiro atoms. The van der Waals surface area contributed by atoms with Gasteiger partial charge >= 0.3 is 5.97 Å². The average Bonchev–Trinajstić information content (AvgIpc) is 3.40. The van der Waals surface area contributed by atoms with Gasteiger partial charge in [-0.2, -0.15) is 0 Å². The van der Waals surface area contributed by atoms with Crippen LogP contribution in [0.3, 0.4) is 0 Å². The van der Waals surface area contributed by atoms with Gasteiger partial charge in [-0.15, -0.1) is 0 Å². The van der Waals surface area contributed by atoms with Crippen LogP contribution in [0.15, 0.2) is 57.7 Å². The number of fused-ring (bicyclic) bond motifs is 5. The van der Waals surface area contributed by atoms with Crippen molar-refractivity contribution >= 4 is 67.7 Å². The monoisotopic (exact) mass is 656 g/mol. The summed E-state index contributed by atoms with van der Waals surface area (Å²) >= 11 is 0. The maximum atomic E-state index is 14.1. The number of unbranched alkanes of at least 4 members (excludes halogenated alkanes) is 2. The fourth-order valence-corrected chi connectivity index (χ4v) is 8.20. The molecule has 244 valence electrons. The SMILES string of the molecule is CCCCC1(CCCC)C(=O)Nc2c(ccc3c(=O)c4cc(C(=O)OCC)cc(NC(=O)[C@H]5c6ccccc6C[S@@]5=O)c4oc23)C1=O. The minimum atomic E-state index is -1.54. The molecular weight excluding hydrogens is 620 g/mol. The van der Waals surface area contributed by atoms with Gasteiger partial charge in [0.2, 0.25) is 17.2 Å². The minimum Gasteiger partial charge on any atom is -0.462 e. The molecule has 47 heavy (non-hydrogen) atoms. The lowest BCUT2D eigenvalue weighted by Gasteiger charge is -2.35. The van der Waals surface area contributed by atoms with Crippen LogP contribution in [0.4, 0.5) is 11.4 Å². The summed E-state index contributed by atoms with van der Waals surface area (Å²) in [6.07, 6.45) is 3.86. The molecule has 0 saturated carbocycles. The second-order valence-corrected chi connectivity index (χ2v) is 13.6. The number of carbonyl (C=O) groups excluding carboxylic acids is 4. The highest BCUT2D eigenvalue weighted by molar-refractivity contribution is 7.85. The van der Waals surface area contributed by atoms with E-state index in [0.29, 0.717) is 31.2 Å². The average molecular weight is 657 g/mol. The molecule has 6 rings (SSSR count). The number of Topliss-reactive ketones (excluding diaryl/α,β-unsaturated/α-hetero) is 1. The summed E-state index contributed by atoms with van der Waals surface area (Å²) < 4.78 is 24.6. The van der Waals surface area contributed by atoms with Crippen molar-refractivity contribution < 1.29 is 32.5 Å². The Hall–Kier alpha value is -4.64. The molecule has 2 atom stereocenters. The Morgan fingerprint density at radius 1 is 0.979 bits per heavy atom. The first-order valence-electron chi connectivity index (χ1n) is 16.0. The molecule has 4 aromatic rings. The largest absolute Gasteiger partial charge is 0.462 e. The third-order valence-electron chi connectivity index (χ3n) is 9.11. The second-order valence-electron chi connectivity index (χ2n) is 12.1. The number of benzene rings is 3. The molecule has 0 bridgehead atoms. The smallest absolute Gasteiger partial charge is 0.338 e. The predicted octanol–water partition coefficient (Wildman–Crippen LogP) is 6.57. The van der Waals surface area contributed by atoms with E-state index in [9.17, 15) is 28.2 Å². The van der Waals surface area contributed by atoms with Crippen LogP contribution in [0.2, 0.25) is 0 Å². The Morgan fingerprint density at radius 2 is 1.70 bits per heavy atom. The van der Waals surface area contributed by atoms with E-state index in [4.69, 9.17) is 9.15 Å². The van der Waals surface area contributed by atoms with Crippen molar-refractivity contribution in [1.82, 2.24) is 0 Å². The van der Waals surface area contributed by atoms with E-state index >= 15 is 0 Å². The summed E-state index contributed by atoms with van der Waals surface area (Å²) in [7, 11) is -1.54. The second kappa shape index (κ2) is 12.9. The van der Waals surface area contributed by atoms with Crippen molar-refractivity contribution in [3.63, 3.8) is 0 Å². The summed E-state index contributed by atoms with van der Waals surface area (Å²) in [5, 5.41) is 4.76. The number of anilines is 2. The van der Waals surface area contributed by atoms with E-state index < -0.39 is 44.7 Å². The maximum absolute atomic E-state index is 14.1. The van der Waals surface area contributed by atoms with Crippen LogP contribution >= 0.6 is 0 Å². The lowest BCUT2D eigenvalue weighted by molar-refractivity contribution is -0.124. The van der Waals surface area contributed by atoms with Crippen LogP contribution in [0.5, 0.6) is 0 Å². The summed E-state index contributed by atoms with van der Waals surface area (Å²) in [5.41, 5.74) is -0.0623. The Balaban J connectivity index is 1.52. The lowest BCUT2D eigenvalue weighted by atomic mass is 9.69. The molecule has 0 saturated heterocycles. The molecule has 3 heterocycles. The van der Waals surface area contributed by atoms with E-state index in [0.717, 1.165) is 18.4 Å². The standard InChI is InChI=1S/C36H36N2O8S/c1-4-7-15-36(16-8-5-2)32(40)23-13-14-24-28(39)25-17-21(34(42)45-6-3)18-26(29(25)46-30(24)27(23)38-35(36)43)37-33(41)31-22-12-10-9-11-20(22)19-47(31)44/h9-14,17-18,31H,4-8,15-16,19H2,1-3H3,(H,37,41)(H,38,43)/t31-,47+/m1/s1. The number of ketones is 1. The van der Waals surface area contributed by atoms with Crippen molar-refractivity contribution in [2.24, 2.45) is 5.41 Å². The van der Waals surface area contributed by atoms with Gasteiger partial charge in [0.25, 0.3) is 0 Å². The molecule has 1 aromatic heterocycles. The number of nitrogens with one attached hydrogen (secondary N) is 2. The van der Waals surface area contributed by atoms with E-state index in [1.54, 1.807) is 25.1 Å². The van der Waals surface area contributed by atoms with E-state index in [2.05, 4.69) is 10.6 Å². The zero-order valence-electron chi connectivity index (χ0n) is 26.5. The first-order chi connectivity index (χ1) is 22.6. The van der Waals surface area contributed by atoms with Crippen LogP contribution in [-0.2, 0) is 30.9 Å². The minimum absolute atomic E-state index is 0.00678.